The molecule has 0 aliphatic heterocycles. The van der Waals surface area contributed by atoms with E-state index >= 15 is 0 Å². The quantitative estimate of drug-likeness (QED) is 0.632. The topological polar surface area (TPSA) is 58.3 Å². The first-order valence-electron chi connectivity index (χ1n) is 5.14. The highest BCUT2D eigenvalue weighted by Crippen LogP contribution is 2.20. The molecule has 0 N–H and O–H groups in total. The average Bonchev–Trinajstić information content (AvgIpc) is 2.40. The van der Waals surface area contributed by atoms with Gasteiger partial charge in [-0.3, -0.25) is 4.98 Å². The molecule has 0 radical (unpaired) electrons. The Kier molecular flexibility index (Phi) is 6.18. The fourth-order valence-electron chi connectivity index (χ4n) is 1.13. The van der Waals surface area contributed by atoms with Gasteiger partial charge in [0.15, 0.2) is 6.20 Å². The second kappa shape index (κ2) is 7.66. The number of rotatable bonds is 2. The molecule has 0 spiro atoms. The molecule has 5 nitrogen and oxygen atoms in total. The van der Waals surface area contributed by atoms with Gasteiger partial charge in [0, 0.05) is 18.5 Å². The molecule has 0 bridgehead atoms. The number of aromatic nitrogens is 2. The van der Waals surface area contributed by atoms with E-state index in [0.29, 0.717) is 26.3 Å². The minimum Gasteiger partial charge on any atom is -0.619 e. The Morgan fingerprint density at radius 3 is 2.21 bits per heavy atom. The van der Waals surface area contributed by atoms with Gasteiger partial charge in [-0.05, 0) is 6.07 Å². The number of pyridine rings is 2. The molecule has 0 saturated heterocycles. The number of nitrogens with zero attached hydrogens (tertiary/aromatic N) is 2. The number of hydrogen-bond donors (Lipinski definition) is 0. The summed E-state index contributed by atoms with van der Waals surface area (Å²) in [7, 11) is 3.07. The summed E-state index contributed by atoms with van der Waals surface area (Å²) >= 11 is 11.2. The molecular weight excluding hydrogens is 291 g/mol. The second-order valence-corrected chi connectivity index (χ2v) is 4.05. The van der Waals surface area contributed by atoms with E-state index in [9.17, 15) is 5.21 Å². The summed E-state index contributed by atoms with van der Waals surface area (Å²) in [5.74, 6) is 1.17. The second-order valence-electron chi connectivity index (χ2n) is 3.23. The third-order valence-corrected chi connectivity index (χ3v) is 2.59. The summed E-state index contributed by atoms with van der Waals surface area (Å²) in [6.07, 6.45) is 5.73. The van der Waals surface area contributed by atoms with E-state index in [1.54, 1.807) is 25.6 Å². The summed E-state index contributed by atoms with van der Waals surface area (Å²) in [6, 6.07) is 3.22. The Bertz CT molecular complexity index is 538. The van der Waals surface area contributed by atoms with Crippen LogP contribution in [-0.4, -0.2) is 19.2 Å². The Morgan fingerprint density at radius 2 is 1.74 bits per heavy atom. The number of hydrogen-bond acceptors (Lipinski definition) is 4. The molecule has 0 aromatic carbocycles. The van der Waals surface area contributed by atoms with Crippen LogP contribution in [-0.2, 0) is 0 Å². The van der Waals surface area contributed by atoms with Crippen LogP contribution in [0.5, 0.6) is 11.5 Å². The zero-order valence-corrected chi connectivity index (χ0v) is 11.9. The van der Waals surface area contributed by atoms with Gasteiger partial charge in [0.25, 0.3) is 0 Å². The zero-order chi connectivity index (χ0) is 14.3. The van der Waals surface area contributed by atoms with Crippen LogP contribution in [0.15, 0.2) is 36.9 Å². The van der Waals surface area contributed by atoms with Gasteiger partial charge >= 0.3 is 0 Å². The van der Waals surface area contributed by atoms with Crippen LogP contribution in [0.2, 0.25) is 10.0 Å². The maximum atomic E-state index is 10.5. The van der Waals surface area contributed by atoms with Crippen molar-refractivity contribution < 1.29 is 14.2 Å². The van der Waals surface area contributed by atoms with Gasteiger partial charge in [-0.15, -0.1) is 0 Å². The lowest BCUT2D eigenvalue weighted by Gasteiger charge is -2.00. The summed E-state index contributed by atoms with van der Waals surface area (Å²) in [5, 5.41) is 11.4. The molecule has 0 unspecified atom stereocenters. The van der Waals surface area contributed by atoms with E-state index in [1.165, 1.54) is 25.6 Å². The smallest absolute Gasteiger partial charge is 0.202 e. The normalized spacial score (nSPS) is 9.26. The molecule has 2 rings (SSSR count). The summed E-state index contributed by atoms with van der Waals surface area (Å²) in [6.45, 7) is 0. The zero-order valence-electron chi connectivity index (χ0n) is 10.3. The molecule has 102 valence electrons. The van der Waals surface area contributed by atoms with Crippen LogP contribution < -0.4 is 14.2 Å². The fraction of sp³-hybridized carbons (Fsp3) is 0.167. The standard InChI is InChI=1S/C6H6ClNO2.C6H6ClNO/c1-10-6-2-3-8(9)4-5(6)7;1-9-6-2-3-8-4-5(6)7/h2-4H,1H3;2-4H,1H3. The van der Waals surface area contributed by atoms with Crippen LogP contribution in [0.3, 0.4) is 0 Å². The SMILES string of the molecule is COc1cc[n+]([O-])cc1Cl.COc1ccncc1Cl. The van der Waals surface area contributed by atoms with Gasteiger partial charge in [0.2, 0.25) is 6.20 Å². The van der Waals surface area contributed by atoms with Crippen molar-refractivity contribution in [2.45, 2.75) is 0 Å². The van der Waals surface area contributed by atoms with E-state index in [2.05, 4.69) is 4.98 Å². The van der Waals surface area contributed by atoms with Crippen molar-refractivity contribution >= 4 is 23.2 Å². The third-order valence-electron chi connectivity index (χ3n) is 2.02. The first-order chi connectivity index (χ1) is 9.08. The Morgan fingerprint density at radius 1 is 1.11 bits per heavy atom. The van der Waals surface area contributed by atoms with E-state index in [1.807, 2.05) is 0 Å². The summed E-state index contributed by atoms with van der Waals surface area (Å²) < 4.78 is 10.3. The highest BCUT2D eigenvalue weighted by atomic mass is 35.5. The van der Waals surface area contributed by atoms with Crippen molar-refractivity contribution in [3.8, 4) is 11.5 Å². The lowest BCUT2D eigenvalue weighted by atomic mass is 10.4. The van der Waals surface area contributed by atoms with Crippen molar-refractivity contribution in [2.75, 3.05) is 14.2 Å². The molecule has 0 atom stereocenters. The fourth-order valence-corrected chi connectivity index (χ4v) is 1.57. The Hall–Kier alpha value is -1.72. The number of halogens is 2. The van der Waals surface area contributed by atoms with Crippen LogP contribution in [0.4, 0.5) is 0 Å². The van der Waals surface area contributed by atoms with Gasteiger partial charge in [-0.1, -0.05) is 23.2 Å². The van der Waals surface area contributed by atoms with Gasteiger partial charge in [0.05, 0.1) is 14.2 Å². The van der Waals surface area contributed by atoms with Crippen molar-refractivity contribution in [3.05, 3.63) is 52.2 Å². The molecule has 0 amide bonds. The van der Waals surface area contributed by atoms with Crippen molar-refractivity contribution in [2.24, 2.45) is 0 Å². The van der Waals surface area contributed by atoms with Crippen molar-refractivity contribution in [3.63, 3.8) is 0 Å². The Balaban J connectivity index is 0.000000191. The minimum absolute atomic E-state index is 0.319. The van der Waals surface area contributed by atoms with Gasteiger partial charge < -0.3 is 14.7 Å². The lowest BCUT2D eigenvalue weighted by Crippen LogP contribution is -2.23. The first kappa shape index (κ1) is 15.3. The first-order valence-corrected chi connectivity index (χ1v) is 5.90. The number of ether oxygens (including phenoxy) is 2. The van der Waals surface area contributed by atoms with E-state index < -0.39 is 0 Å². The summed E-state index contributed by atoms with van der Waals surface area (Å²) in [5.41, 5.74) is 0. The average molecular weight is 303 g/mol. The highest BCUT2D eigenvalue weighted by Gasteiger charge is 2.01. The molecule has 0 fully saturated rings. The van der Waals surface area contributed by atoms with Gasteiger partial charge in [0.1, 0.15) is 21.5 Å². The van der Waals surface area contributed by atoms with Crippen molar-refractivity contribution in [1.82, 2.24) is 4.98 Å². The predicted octanol–water partition coefficient (Wildman–Crippen LogP) is 2.73. The molecule has 0 aliphatic carbocycles. The van der Waals surface area contributed by atoms with E-state index in [4.69, 9.17) is 32.7 Å². The monoisotopic (exact) mass is 302 g/mol. The predicted molar refractivity (Wildman–Crippen MR) is 72.8 cm³/mol. The molecule has 19 heavy (non-hydrogen) atoms. The minimum atomic E-state index is 0.319. The van der Waals surface area contributed by atoms with Crippen LogP contribution in [0.25, 0.3) is 0 Å². The van der Waals surface area contributed by atoms with E-state index in [0.717, 1.165) is 0 Å². The third kappa shape index (κ3) is 4.81. The molecule has 2 aromatic heterocycles. The molecular formula is C12H12Cl2N2O3. The Labute approximate surface area is 120 Å². The van der Waals surface area contributed by atoms with E-state index in [-0.39, 0.29) is 0 Å². The van der Waals surface area contributed by atoms with Crippen LogP contribution in [0, 0.1) is 5.21 Å². The maximum absolute atomic E-state index is 10.5. The van der Waals surface area contributed by atoms with Crippen LogP contribution >= 0.6 is 23.2 Å². The summed E-state index contributed by atoms with van der Waals surface area (Å²) in [4.78, 5) is 3.78. The van der Waals surface area contributed by atoms with Crippen LogP contribution in [0.1, 0.15) is 0 Å². The van der Waals surface area contributed by atoms with Crippen molar-refractivity contribution in [1.29, 1.82) is 0 Å². The highest BCUT2D eigenvalue weighted by molar-refractivity contribution is 6.32. The molecule has 2 aromatic rings. The lowest BCUT2D eigenvalue weighted by molar-refractivity contribution is -0.605. The molecule has 2 heterocycles. The molecule has 0 aliphatic rings. The molecule has 7 heteroatoms. The largest absolute Gasteiger partial charge is 0.619 e. The number of methoxy groups -OCH3 is 2. The molecule has 0 saturated carbocycles. The maximum Gasteiger partial charge on any atom is 0.202 e. The van der Waals surface area contributed by atoms with Gasteiger partial charge in [-0.2, -0.15) is 4.73 Å². The van der Waals surface area contributed by atoms with Gasteiger partial charge in [-0.25, -0.2) is 0 Å².